The molecule has 0 radical (unpaired) electrons. The van der Waals surface area contributed by atoms with Crippen LogP contribution in [0, 0.1) is 5.92 Å². The number of Topliss-reactive ketones (excluding diaryl/α,β-unsaturated/α-hetero) is 1. The van der Waals surface area contributed by atoms with Gasteiger partial charge >= 0.3 is 6.03 Å². The molecule has 1 aliphatic heterocycles. The Hall–Kier alpha value is -2.70. The minimum Gasteiger partial charge on any atom is -0.392 e. The SMILES string of the molecule is CC(=O)c1cccc(NC(=O)NCCCN2CC[C@H](Cc3ccccc3)C[C@@H]2[C@H](C)O)c1. The van der Waals surface area contributed by atoms with Gasteiger partial charge in [-0.3, -0.25) is 9.69 Å². The summed E-state index contributed by atoms with van der Waals surface area (Å²) in [6.45, 7) is 5.74. The van der Waals surface area contributed by atoms with Crippen molar-refractivity contribution in [3.63, 3.8) is 0 Å². The summed E-state index contributed by atoms with van der Waals surface area (Å²) in [5.41, 5.74) is 2.53. The molecule has 3 rings (SSSR count). The maximum absolute atomic E-state index is 12.2. The van der Waals surface area contributed by atoms with Crippen LogP contribution in [0.15, 0.2) is 54.6 Å². The van der Waals surface area contributed by atoms with Crippen molar-refractivity contribution in [3.05, 3.63) is 65.7 Å². The van der Waals surface area contributed by atoms with Crippen molar-refractivity contribution in [1.82, 2.24) is 10.2 Å². The number of piperidine rings is 1. The number of carbonyl (C=O) groups is 2. The lowest BCUT2D eigenvalue weighted by molar-refractivity contribution is 0.0177. The van der Waals surface area contributed by atoms with Gasteiger partial charge in [0, 0.05) is 30.4 Å². The predicted octanol–water partition coefficient (Wildman–Crippen LogP) is 4.10. The Labute approximate surface area is 191 Å². The van der Waals surface area contributed by atoms with Crippen LogP contribution in [-0.2, 0) is 6.42 Å². The second-order valence-corrected chi connectivity index (χ2v) is 8.80. The fraction of sp³-hybridized carbons (Fsp3) is 0.462. The molecule has 0 bridgehead atoms. The molecule has 1 saturated heterocycles. The molecule has 2 aromatic carbocycles. The van der Waals surface area contributed by atoms with Crippen molar-refractivity contribution < 1.29 is 14.7 Å². The molecule has 1 fully saturated rings. The van der Waals surface area contributed by atoms with Crippen molar-refractivity contribution in [1.29, 1.82) is 0 Å². The first-order valence-electron chi connectivity index (χ1n) is 11.5. The van der Waals surface area contributed by atoms with Crippen LogP contribution in [0.5, 0.6) is 0 Å². The maximum atomic E-state index is 12.2. The summed E-state index contributed by atoms with van der Waals surface area (Å²) in [6.07, 6.45) is 3.61. The van der Waals surface area contributed by atoms with E-state index in [1.807, 2.05) is 13.0 Å². The summed E-state index contributed by atoms with van der Waals surface area (Å²) in [4.78, 5) is 26.0. The first-order valence-corrected chi connectivity index (χ1v) is 11.5. The molecule has 0 spiro atoms. The summed E-state index contributed by atoms with van der Waals surface area (Å²) in [5.74, 6) is 0.553. The van der Waals surface area contributed by atoms with Gasteiger partial charge in [0.25, 0.3) is 0 Å². The van der Waals surface area contributed by atoms with Gasteiger partial charge < -0.3 is 15.7 Å². The third-order valence-corrected chi connectivity index (χ3v) is 6.23. The van der Waals surface area contributed by atoms with E-state index in [4.69, 9.17) is 0 Å². The number of nitrogens with zero attached hydrogens (tertiary/aromatic N) is 1. The zero-order valence-corrected chi connectivity index (χ0v) is 19.1. The number of likely N-dealkylation sites (tertiary alicyclic amines) is 1. The van der Waals surface area contributed by atoms with E-state index in [-0.39, 0.29) is 24.0 Å². The standard InChI is InChI=1S/C26H35N3O3/c1-19(30)23-10-6-11-24(18-23)28-26(32)27-13-7-14-29-15-12-22(17-25(29)20(2)31)16-21-8-4-3-5-9-21/h3-6,8-11,18,20,22,25,31H,7,12-17H2,1-2H3,(H2,27,28,32)/t20-,22+,25+/m0/s1. The zero-order valence-electron chi connectivity index (χ0n) is 19.1. The van der Waals surface area contributed by atoms with Crippen molar-refractivity contribution in [2.45, 2.75) is 51.7 Å². The molecular formula is C26H35N3O3. The number of hydrogen-bond acceptors (Lipinski definition) is 4. The average molecular weight is 438 g/mol. The molecule has 2 aromatic rings. The van der Waals surface area contributed by atoms with E-state index >= 15 is 0 Å². The number of aliphatic hydroxyl groups is 1. The summed E-state index contributed by atoms with van der Waals surface area (Å²) in [5, 5.41) is 16.0. The molecule has 0 saturated carbocycles. The van der Waals surface area contributed by atoms with Crippen molar-refractivity contribution in [2.24, 2.45) is 5.92 Å². The van der Waals surface area contributed by atoms with E-state index in [0.717, 1.165) is 38.8 Å². The molecule has 2 amide bonds. The number of ketones is 1. The first-order chi connectivity index (χ1) is 15.4. The Morgan fingerprint density at radius 3 is 2.66 bits per heavy atom. The lowest BCUT2D eigenvalue weighted by Gasteiger charge is -2.41. The Kier molecular flexibility index (Phi) is 8.82. The number of aliphatic hydroxyl groups excluding tert-OH is 1. The summed E-state index contributed by atoms with van der Waals surface area (Å²) >= 11 is 0. The summed E-state index contributed by atoms with van der Waals surface area (Å²) in [7, 11) is 0. The van der Waals surface area contributed by atoms with Gasteiger partial charge in [0.15, 0.2) is 5.78 Å². The van der Waals surface area contributed by atoms with E-state index in [1.54, 1.807) is 24.3 Å². The minimum absolute atomic E-state index is 0.0331. The molecule has 0 aromatic heterocycles. The van der Waals surface area contributed by atoms with E-state index in [2.05, 4.69) is 39.8 Å². The number of rotatable bonds is 9. The second-order valence-electron chi connectivity index (χ2n) is 8.80. The third kappa shape index (κ3) is 7.18. The highest BCUT2D eigenvalue weighted by Gasteiger charge is 2.31. The van der Waals surface area contributed by atoms with Crippen molar-refractivity contribution in [2.75, 3.05) is 25.0 Å². The molecule has 0 aliphatic carbocycles. The number of amides is 2. The number of urea groups is 1. The summed E-state index contributed by atoms with van der Waals surface area (Å²) < 4.78 is 0. The molecule has 32 heavy (non-hydrogen) atoms. The van der Waals surface area contributed by atoms with E-state index in [9.17, 15) is 14.7 Å². The average Bonchev–Trinajstić information content (AvgIpc) is 2.78. The molecule has 0 unspecified atom stereocenters. The van der Waals surface area contributed by atoms with Crippen LogP contribution in [0.3, 0.4) is 0 Å². The monoisotopic (exact) mass is 437 g/mol. The van der Waals surface area contributed by atoms with Crippen LogP contribution in [0.1, 0.15) is 49.0 Å². The van der Waals surface area contributed by atoms with Gasteiger partial charge in [-0.15, -0.1) is 0 Å². The van der Waals surface area contributed by atoms with Crippen LogP contribution in [0.4, 0.5) is 10.5 Å². The molecule has 1 heterocycles. The van der Waals surface area contributed by atoms with Crippen LogP contribution in [0.2, 0.25) is 0 Å². The number of nitrogens with one attached hydrogen (secondary N) is 2. The number of anilines is 1. The number of carbonyl (C=O) groups excluding carboxylic acids is 2. The highest BCUT2D eigenvalue weighted by atomic mass is 16.3. The van der Waals surface area contributed by atoms with Gasteiger partial charge in [0.05, 0.1) is 6.10 Å². The second kappa shape index (κ2) is 11.8. The maximum Gasteiger partial charge on any atom is 0.319 e. The molecular weight excluding hydrogens is 402 g/mol. The Morgan fingerprint density at radius 1 is 1.16 bits per heavy atom. The number of benzene rings is 2. The minimum atomic E-state index is -0.376. The van der Waals surface area contributed by atoms with Crippen LogP contribution in [0.25, 0.3) is 0 Å². The van der Waals surface area contributed by atoms with Gasteiger partial charge in [0.2, 0.25) is 0 Å². The van der Waals surface area contributed by atoms with Crippen LogP contribution < -0.4 is 10.6 Å². The molecule has 3 N–H and O–H groups in total. The highest BCUT2D eigenvalue weighted by molar-refractivity contribution is 5.96. The quantitative estimate of drug-likeness (QED) is 0.407. The molecule has 3 atom stereocenters. The van der Waals surface area contributed by atoms with Gasteiger partial charge in [-0.1, -0.05) is 42.5 Å². The summed E-state index contributed by atoms with van der Waals surface area (Å²) in [6, 6.07) is 17.4. The molecule has 172 valence electrons. The Balaban J connectivity index is 1.41. The molecule has 1 aliphatic rings. The van der Waals surface area contributed by atoms with E-state index in [0.29, 0.717) is 23.7 Å². The largest absolute Gasteiger partial charge is 0.392 e. The van der Waals surface area contributed by atoms with Gasteiger partial charge in [-0.25, -0.2) is 4.79 Å². The van der Waals surface area contributed by atoms with Gasteiger partial charge in [-0.2, -0.15) is 0 Å². The molecule has 6 heteroatoms. The topological polar surface area (TPSA) is 81.7 Å². The fourth-order valence-corrected chi connectivity index (χ4v) is 4.51. The highest BCUT2D eigenvalue weighted by Crippen LogP contribution is 2.28. The Bertz CT molecular complexity index is 885. The molecule has 6 nitrogen and oxygen atoms in total. The Morgan fingerprint density at radius 2 is 1.94 bits per heavy atom. The predicted molar refractivity (Wildman–Crippen MR) is 128 cm³/mol. The van der Waals surface area contributed by atoms with Gasteiger partial charge in [0.1, 0.15) is 0 Å². The van der Waals surface area contributed by atoms with Crippen molar-refractivity contribution >= 4 is 17.5 Å². The smallest absolute Gasteiger partial charge is 0.319 e. The lowest BCUT2D eigenvalue weighted by atomic mass is 9.84. The fourth-order valence-electron chi connectivity index (χ4n) is 4.51. The first kappa shape index (κ1) is 24.0. The zero-order chi connectivity index (χ0) is 22.9. The van der Waals surface area contributed by atoms with Crippen molar-refractivity contribution in [3.8, 4) is 0 Å². The third-order valence-electron chi connectivity index (χ3n) is 6.23. The lowest BCUT2D eigenvalue weighted by Crippen LogP contribution is -2.49. The van der Waals surface area contributed by atoms with Gasteiger partial charge in [-0.05, 0) is 69.7 Å². The normalized spacial score (nSPS) is 19.8. The van der Waals surface area contributed by atoms with E-state index < -0.39 is 0 Å². The van der Waals surface area contributed by atoms with E-state index in [1.165, 1.54) is 12.5 Å². The van der Waals surface area contributed by atoms with Crippen LogP contribution in [-0.4, -0.2) is 53.6 Å². The van der Waals surface area contributed by atoms with Crippen LogP contribution >= 0.6 is 0 Å². The number of hydrogen-bond donors (Lipinski definition) is 3.